The summed E-state index contributed by atoms with van der Waals surface area (Å²) in [6.45, 7) is 7.21. The summed E-state index contributed by atoms with van der Waals surface area (Å²) in [5.41, 5.74) is 0. The maximum Gasteiger partial charge on any atom is 0.323 e. The van der Waals surface area contributed by atoms with E-state index < -0.39 is 0 Å². The molecule has 7 heteroatoms. The van der Waals surface area contributed by atoms with Gasteiger partial charge in [-0.1, -0.05) is 0 Å². The fourth-order valence-corrected chi connectivity index (χ4v) is 2.35. The molecule has 0 bridgehead atoms. The highest BCUT2D eigenvalue weighted by Crippen LogP contribution is 2.24. The summed E-state index contributed by atoms with van der Waals surface area (Å²) in [4.78, 5) is 15.1. The first-order chi connectivity index (χ1) is 9.76. The lowest BCUT2D eigenvalue weighted by molar-refractivity contribution is 0.263. The molecule has 1 saturated heterocycles. The third kappa shape index (κ3) is 3.69. The molecular weight excluding hydrogens is 258 g/mol. The zero-order valence-corrected chi connectivity index (χ0v) is 12.2. The molecule has 7 nitrogen and oxygen atoms in total. The number of aliphatic hydroxyl groups is 1. The van der Waals surface area contributed by atoms with E-state index in [1.165, 1.54) is 0 Å². The Hall–Kier alpha value is -1.63. The van der Waals surface area contributed by atoms with Gasteiger partial charge in [0.05, 0.1) is 6.61 Å². The first-order valence-corrected chi connectivity index (χ1v) is 7.25. The lowest BCUT2D eigenvalue weighted by atomic mass is 10.1. The molecule has 0 spiro atoms. The highest BCUT2D eigenvalue weighted by atomic mass is 16.5. The highest BCUT2D eigenvalue weighted by molar-refractivity contribution is 5.39. The largest absolute Gasteiger partial charge is 0.464 e. The quantitative estimate of drug-likeness (QED) is 0.768. The van der Waals surface area contributed by atoms with Gasteiger partial charge in [0.15, 0.2) is 0 Å². The minimum atomic E-state index is 0.239. The van der Waals surface area contributed by atoms with Crippen molar-refractivity contribution in [2.45, 2.75) is 26.7 Å². The minimum absolute atomic E-state index is 0.239. The SMILES string of the molecule is CCNc1nc(OCC)nc(N2CCC(CCO)C2)n1. The second-order valence-electron chi connectivity index (χ2n) is 4.82. The number of nitrogens with zero attached hydrogens (tertiary/aromatic N) is 4. The molecular formula is C13H23N5O2. The molecule has 1 aromatic rings. The first kappa shape index (κ1) is 14.8. The zero-order valence-electron chi connectivity index (χ0n) is 12.2. The number of nitrogens with one attached hydrogen (secondary N) is 1. The third-order valence-electron chi connectivity index (χ3n) is 3.32. The van der Waals surface area contributed by atoms with Gasteiger partial charge in [0.2, 0.25) is 11.9 Å². The van der Waals surface area contributed by atoms with Crippen LogP contribution in [0, 0.1) is 5.92 Å². The molecule has 1 aliphatic heterocycles. The Balaban J connectivity index is 2.13. The van der Waals surface area contributed by atoms with Crippen LogP contribution in [0.5, 0.6) is 6.01 Å². The number of aromatic nitrogens is 3. The van der Waals surface area contributed by atoms with Crippen molar-refractivity contribution in [1.82, 2.24) is 15.0 Å². The fraction of sp³-hybridized carbons (Fsp3) is 0.769. The topological polar surface area (TPSA) is 83.4 Å². The monoisotopic (exact) mass is 281 g/mol. The van der Waals surface area contributed by atoms with Gasteiger partial charge in [0, 0.05) is 26.2 Å². The third-order valence-corrected chi connectivity index (χ3v) is 3.32. The van der Waals surface area contributed by atoms with Gasteiger partial charge in [-0.3, -0.25) is 0 Å². The molecule has 1 atom stereocenters. The molecule has 0 radical (unpaired) electrons. The molecule has 0 aromatic carbocycles. The number of rotatable bonds is 7. The predicted molar refractivity (Wildman–Crippen MR) is 77.2 cm³/mol. The molecule has 112 valence electrons. The molecule has 2 N–H and O–H groups in total. The number of aliphatic hydroxyl groups excluding tert-OH is 1. The standard InChI is InChI=1S/C13H23N5O2/c1-3-14-11-15-12(17-13(16-11)20-4-2)18-7-5-10(9-18)6-8-19/h10,19H,3-9H2,1-2H3,(H,14,15,16,17). The van der Waals surface area contributed by atoms with Gasteiger partial charge in [-0.05, 0) is 32.6 Å². The molecule has 2 heterocycles. The van der Waals surface area contributed by atoms with Crippen molar-refractivity contribution in [3.05, 3.63) is 0 Å². The van der Waals surface area contributed by atoms with Gasteiger partial charge in [-0.15, -0.1) is 0 Å². The van der Waals surface area contributed by atoms with Gasteiger partial charge >= 0.3 is 6.01 Å². The fourth-order valence-electron chi connectivity index (χ4n) is 2.35. The maximum absolute atomic E-state index is 9.02. The smallest absolute Gasteiger partial charge is 0.323 e. The molecule has 1 fully saturated rings. The average molecular weight is 281 g/mol. The molecule has 0 amide bonds. The molecule has 20 heavy (non-hydrogen) atoms. The average Bonchev–Trinajstić information content (AvgIpc) is 2.88. The molecule has 1 unspecified atom stereocenters. The van der Waals surface area contributed by atoms with E-state index in [9.17, 15) is 0 Å². The van der Waals surface area contributed by atoms with E-state index in [4.69, 9.17) is 9.84 Å². The summed E-state index contributed by atoms with van der Waals surface area (Å²) in [7, 11) is 0. The minimum Gasteiger partial charge on any atom is -0.464 e. The Morgan fingerprint density at radius 3 is 2.90 bits per heavy atom. The molecule has 2 rings (SSSR count). The maximum atomic E-state index is 9.02. The Labute approximate surface area is 119 Å². The lowest BCUT2D eigenvalue weighted by Crippen LogP contribution is -2.23. The van der Waals surface area contributed by atoms with Gasteiger partial charge in [0.25, 0.3) is 0 Å². The molecule has 0 saturated carbocycles. The van der Waals surface area contributed by atoms with E-state index in [0.29, 0.717) is 30.4 Å². The normalized spacial score (nSPS) is 18.4. The van der Waals surface area contributed by atoms with Gasteiger partial charge in [-0.2, -0.15) is 15.0 Å². The second-order valence-corrected chi connectivity index (χ2v) is 4.82. The summed E-state index contributed by atoms with van der Waals surface area (Å²) in [6.07, 6.45) is 1.90. The van der Waals surface area contributed by atoms with E-state index in [-0.39, 0.29) is 6.61 Å². The summed E-state index contributed by atoms with van der Waals surface area (Å²) >= 11 is 0. The van der Waals surface area contributed by atoms with E-state index in [1.54, 1.807) is 0 Å². The Kier molecular flexibility index (Phi) is 5.34. The van der Waals surface area contributed by atoms with Crippen LogP contribution in [-0.4, -0.2) is 52.9 Å². The highest BCUT2D eigenvalue weighted by Gasteiger charge is 2.25. The molecule has 1 aliphatic rings. The van der Waals surface area contributed by atoms with Crippen molar-refractivity contribution in [3.8, 4) is 6.01 Å². The van der Waals surface area contributed by atoms with Crippen LogP contribution in [-0.2, 0) is 0 Å². The zero-order chi connectivity index (χ0) is 14.4. The number of ether oxygens (including phenoxy) is 1. The van der Waals surface area contributed by atoms with Gasteiger partial charge < -0.3 is 20.1 Å². The van der Waals surface area contributed by atoms with E-state index in [1.807, 2.05) is 13.8 Å². The van der Waals surface area contributed by atoms with Crippen molar-refractivity contribution >= 4 is 11.9 Å². The van der Waals surface area contributed by atoms with Crippen LogP contribution in [0.2, 0.25) is 0 Å². The number of hydrogen-bond donors (Lipinski definition) is 2. The van der Waals surface area contributed by atoms with Gasteiger partial charge in [-0.25, -0.2) is 0 Å². The van der Waals surface area contributed by atoms with Crippen molar-refractivity contribution in [2.24, 2.45) is 5.92 Å². The Morgan fingerprint density at radius 2 is 2.20 bits per heavy atom. The first-order valence-electron chi connectivity index (χ1n) is 7.25. The molecule has 1 aromatic heterocycles. The van der Waals surface area contributed by atoms with E-state index >= 15 is 0 Å². The van der Waals surface area contributed by atoms with Crippen molar-refractivity contribution < 1.29 is 9.84 Å². The van der Waals surface area contributed by atoms with Crippen LogP contribution in [0.1, 0.15) is 26.7 Å². The second kappa shape index (κ2) is 7.23. The summed E-state index contributed by atoms with van der Waals surface area (Å²) in [6, 6.07) is 0.360. The Morgan fingerprint density at radius 1 is 1.35 bits per heavy atom. The van der Waals surface area contributed by atoms with Gasteiger partial charge in [0.1, 0.15) is 0 Å². The number of hydrogen-bond acceptors (Lipinski definition) is 7. The van der Waals surface area contributed by atoms with E-state index in [0.717, 1.165) is 32.5 Å². The van der Waals surface area contributed by atoms with Crippen LogP contribution in [0.3, 0.4) is 0 Å². The van der Waals surface area contributed by atoms with Crippen LogP contribution >= 0.6 is 0 Å². The number of anilines is 2. The summed E-state index contributed by atoms with van der Waals surface area (Å²) in [5.74, 6) is 1.71. The van der Waals surface area contributed by atoms with Crippen molar-refractivity contribution in [1.29, 1.82) is 0 Å². The van der Waals surface area contributed by atoms with Crippen LogP contribution in [0.25, 0.3) is 0 Å². The van der Waals surface area contributed by atoms with Crippen molar-refractivity contribution in [2.75, 3.05) is 43.1 Å². The molecule has 0 aliphatic carbocycles. The predicted octanol–water partition coefficient (Wildman–Crippen LogP) is 0.911. The van der Waals surface area contributed by atoms with Crippen molar-refractivity contribution in [3.63, 3.8) is 0 Å². The summed E-state index contributed by atoms with van der Waals surface area (Å²) in [5, 5.41) is 12.1. The summed E-state index contributed by atoms with van der Waals surface area (Å²) < 4.78 is 5.40. The lowest BCUT2D eigenvalue weighted by Gasteiger charge is -2.17. The van der Waals surface area contributed by atoms with Crippen LogP contribution in [0.4, 0.5) is 11.9 Å². The van der Waals surface area contributed by atoms with E-state index in [2.05, 4.69) is 25.2 Å². The Bertz CT molecular complexity index is 405. The van der Waals surface area contributed by atoms with Crippen LogP contribution < -0.4 is 15.0 Å². The van der Waals surface area contributed by atoms with Crippen LogP contribution in [0.15, 0.2) is 0 Å².